The molecule has 1 heterocycles. The quantitative estimate of drug-likeness (QED) is 0.735. The molecule has 0 aliphatic heterocycles. The van der Waals surface area contributed by atoms with Crippen molar-refractivity contribution in [3.05, 3.63) is 42.2 Å². The van der Waals surface area contributed by atoms with Crippen LogP contribution in [-0.4, -0.2) is 35.1 Å². The molecule has 0 saturated carbocycles. The lowest BCUT2D eigenvalue weighted by atomic mass is 10.0. The third-order valence-electron chi connectivity index (χ3n) is 3.64. The summed E-state index contributed by atoms with van der Waals surface area (Å²) in [6.07, 6.45) is 5.69. The van der Waals surface area contributed by atoms with E-state index in [1.54, 1.807) is 21.3 Å². The maximum Gasteiger partial charge on any atom is 0.500 e. The van der Waals surface area contributed by atoms with E-state index in [0.29, 0.717) is 0 Å². The number of fused-ring (bicyclic) bond motifs is 1. The van der Waals surface area contributed by atoms with Gasteiger partial charge in [-0.15, -0.1) is 0 Å². The minimum absolute atomic E-state index is 0.813. The van der Waals surface area contributed by atoms with E-state index in [1.807, 2.05) is 18.5 Å². The van der Waals surface area contributed by atoms with Crippen molar-refractivity contribution in [1.29, 1.82) is 0 Å². The molecule has 0 spiro atoms. The summed E-state index contributed by atoms with van der Waals surface area (Å²) < 4.78 is 16.3. The van der Waals surface area contributed by atoms with Crippen LogP contribution < -0.4 is 0 Å². The van der Waals surface area contributed by atoms with E-state index in [9.17, 15) is 0 Å². The Bertz CT molecular complexity index is 544. The number of pyridine rings is 1. The molecular formula is C15H21NO3Si. The molecular weight excluding hydrogens is 270 g/mol. The van der Waals surface area contributed by atoms with Crippen molar-refractivity contribution >= 4 is 19.6 Å². The van der Waals surface area contributed by atoms with Crippen LogP contribution in [0.3, 0.4) is 0 Å². The number of aromatic nitrogens is 1. The first-order valence-corrected chi connectivity index (χ1v) is 8.65. The van der Waals surface area contributed by atoms with Crippen LogP contribution in [0.15, 0.2) is 36.7 Å². The predicted octanol–water partition coefficient (Wildman–Crippen LogP) is 3.05. The molecule has 0 N–H and O–H groups in total. The highest BCUT2D eigenvalue weighted by Crippen LogP contribution is 2.22. The number of hydrogen-bond acceptors (Lipinski definition) is 4. The summed E-state index contributed by atoms with van der Waals surface area (Å²) in [6, 6.07) is 9.20. The van der Waals surface area contributed by atoms with Crippen molar-refractivity contribution in [1.82, 2.24) is 4.98 Å². The summed E-state index contributed by atoms with van der Waals surface area (Å²) in [7, 11) is 2.51. The largest absolute Gasteiger partial charge is 0.500 e. The van der Waals surface area contributed by atoms with Crippen LogP contribution in [-0.2, 0) is 19.7 Å². The van der Waals surface area contributed by atoms with Gasteiger partial charge in [-0.05, 0) is 29.9 Å². The van der Waals surface area contributed by atoms with Crippen molar-refractivity contribution in [2.75, 3.05) is 21.3 Å². The molecule has 1 aromatic carbocycles. The number of aryl methyl sites for hydroxylation is 1. The Morgan fingerprint density at radius 2 is 1.80 bits per heavy atom. The molecule has 4 nitrogen and oxygen atoms in total. The smallest absolute Gasteiger partial charge is 0.377 e. The van der Waals surface area contributed by atoms with Gasteiger partial charge in [0.1, 0.15) is 0 Å². The van der Waals surface area contributed by atoms with E-state index in [0.717, 1.165) is 18.9 Å². The highest BCUT2D eigenvalue weighted by molar-refractivity contribution is 6.60. The Labute approximate surface area is 121 Å². The van der Waals surface area contributed by atoms with Gasteiger partial charge in [0.15, 0.2) is 0 Å². The minimum atomic E-state index is -2.45. The van der Waals surface area contributed by atoms with E-state index in [1.165, 1.54) is 16.3 Å². The van der Waals surface area contributed by atoms with Crippen molar-refractivity contribution in [2.24, 2.45) is 0 Å². The fourth-order valence-corrected chi connectivity index (χ4v) is 4.17. The Morgan fingerprint density at radius 3 is 2.50 bits per heavy atom. The molecule has 0 unspecified atom stereocenters. The fraction of sp³-hybridized carbons (Fsp3) is 0.400. The number of benzene rings is 1. The first-order valence-electron chi connectivity index (χ1n) is 6.72. The molecule has 0 fully saturated rings. The first-order chi connectivity index (χ1) is 9.74. The molecule has 0 atom stereocenters. The van der Waals surface area contributed by atoms with Gasteiger partial charge < -0.3 is 13.3 Å². The summed E-state index contributed by atoms with van der Waals surface area (Å²) in [5.74, 6) is 0. The van der Waals surface area contributed by atoms with Gasteiger partial charge in [0.05, 0.1) is 0 Å². The molecule has 0 radical (unpaired) electrons. The van der Waals surface area contributed by atoms with Crippen LogP contribution in [0.5, 0.6) is 0 Å². The van der Waals surface area contributed by atoms with Crippen molar-refractivity contribution in [3.63, 3.8) is 0 Å². The zero-order valence-electron chi connectivity index (χ0n) is 12.3. The van der Waals surface area contributed by atoms with Crippen LogP contribution in [0, 0.1) is 0 Å². The van der Waals surface area contributed by atoms with Crippen molar-refractivity contribution < 1.29 is 13.3 Å². The van der Waals surface area contributed by atoms with E-state index in [-0.39, 0.29) is 0 Å². The van der Waals surface area contributed by atoms with E-state index in [2.05, 4.69) is 23.2 Å². The summed E-state index contributed by atoms with van der Waals surface area (Å²) in [5, 5.41) is 2.45. The molecule has 5 heteroatoms. The van der Waals surface area contributed by atoms with Crippen molar-refractivity contribution in [2.45, 2.75) is 18.9 Å². The highest BCUT2D eigenvalue weighted by Gasteiger charge is 2.36. The number of hydrogen-bond donors (Lipinski definition) is 0. The highest BCUT2D eigenvalue weighted by atomic mass is 28.4. The third kappa shape index (κ3) is 3.24. The van der Waals surface area contributed by atoms with Crippen LogP contribution in [0.4, 0.5) is 0 Å². The molecule has 2 rings (SSSR count). The van der Waals surface area contributed by atoms with Crippen LogP contribution >= 0.6 is 0 Å². The topological polar surface area (TPSA) is 40.6 Å². The first kappa shape index (κ1) is 15.1. The standard InChI is InChI=1S/C15H21NO3Si/c1-17-20(18-2,19-3)11-5-8-13-6-4-7-14-9-10-16-12-15(13)14/h4,6-7,9-10,12H,5,8,11H2,1-3H3. The van der Waals surface area contributed by atoms with Gasteiger partial charge in [0, 0.05) is 45.2 Å². The molecule has 0 aliphatic rings. The molecule has 0 bridgehead atoms. The molecule has 0 saturated heterocycles. The van der Waals surface area contributed by atoms with Gasteiger partial charge in [-0.25, -0.2) is 0 Å². The second-order valence-corrected chi connectivity index (χ2v) is 7.75. The summed E-state index contributed by atoms with van der Waals surface area (Å²) in [6.45, 7) is 0. The van der Waals surface area contributed by atoms with Crippen LogP contribution in [0.2, 0.25) is 6.04 Å². The van der Waals surface area contributed by atoms with Gasteiger partial charge in [-0.2, -0.15) is 0 Å². The number of rotatable bonds is 7. The SMILES string of the molecule is CO[Si](CCCc1cccc2ccncc12)(OC)OC. The van der Waals surface area contributed by atoms with Crippen LogP contribution in [0.1, 0.15) is 12.0 Å². The zero-order valence-corrected chi connectivity index (χ0v) is 13.3. The van der Waals surface area contributed by atoms with E-state index < -0.39 is 8.80 Å². The van der Waals surface area contributed by atoms with Crippen LogP contribution in [0.25, 0.3) is 10.8 Å². The minimum Gasteiger partial charge on any atom is -0.377 e. The molecule has 20 heavy (non-hydrogen) atoms. The maximum absolute atomic E-state index is 5.44. The average molecular weight is 291 g/mol. The lowest BCUT2D eigenvalue weighted by Gasteiger charge is -2.24. The van der Waals surface area contributed by atoms with Gasteiger partial charge in [-0.3, -0.25) is 4.98 Å². The molecule has 2 aromatic rings. The Kier molecular flexibility index (Phi) is 5.25. The second kappa shape index (κ2) is 6.94. The molecule has 1 aromatic heterocycles. The molecule has 0 aliphatic carbocycles. The summed E-state index contributed by atoms with van der Waals surface area (Å²) in [5.41, 5.74) is 1.31. The van der Waals surface area contributed by atoms with E-state index >= 15 is 0 Å². The Balaban J connectivity index is 2.06. The summed E-state index contributed by atoms with van der Waals surface area (Å²) in [4.78, 5) is 4.21. The fourth-order valence-electron chi connectivity index (χ4n) is 2.45. The number of nitrogens with zero attached hydrogens (tertiary/aromatic N) is 1. The lowest BCUT2D eigenvalue weighted by Crippen LogP contribution is -2.42. The van der Waals surface area contributed by atoms with Crippen molar-refractivity contribution in [3.8, 4) is 0 Å². The van der Waals surface area contributed by atoms with Gasteiger partial charge >= 0.3 is 8.80 Å². The Morgan fingerprint density at radius 1 is 1.05 bits per heavy atom. The Hall–Kier alpha value is -1.27. The second-order valence-electron chi connectivity index (χ2n) is 4.66. The monoisotopic (exact) mass is 291 g/mol. The maximum atomic E-state index is 5.44. The van der Waals surface area contributed by atoms with Gasteiger partial charge in [0.25, 0.3) is 0 Å². The molecule has 0 amide bonds. The lowest BCUT2D eigenvalue weighted by molar-refractivity contribution is 0.123. The average Bonchev–Trinajstić information content (AvgIpc) is 2.52. The predicted molar refractivity (Wildman–Crippen MR) is 81.7 cm³/mol. The molecule has 108 valence electrons. The van der Waals surface area contributed by atoms with Gasteiger partial charge in [0.2, 0.25) is 0 Å². The van der Waals surface area contributed by atoms with Gasteiger partial charge in [-0.1, -0.05) is 18.2 Å². The summed E-state index contributed by atoms with van der Waals surface area (Å²) >= 11 is 0. The normalized spacial score (nSPS) is 11.9. The van der Waals surface area contributed by atoms with E-state index in [4.69, 9.17) is 13.3 Å². The third-order valence-corrected chi connectivity index (χ3v) is 6.47. The zero-order chi connectivity index (χ0) is 14.4.